The lowest BCUT2D eigenvalue weighted by Gasteiger charge is -2.47. The minimum atomic E-state index is -1.21. The van der Waals surface area contributed by atoms with Crippen LogP contribution in [0.3, 0.4) is 0 Å². The van der Waals surface area contributed by atoms with Crippen molar-refractivity contribution in [3.05, 3.63) is 65.6 Å². The van der Waals surface area contributed by atoms with Gasteiger partial charge in [0.05, 0.1) is 23.8 Å². The highest BCUT2D eigenvalue weighted by Gasteiger charge is 2.51. The van der Waals surface area contributed by atoms with Crippen LogP contribution in [0.1, 0.15) is 68.5 Å². The van der Waals surface area contributed by atoms with Crippen LogP contribution in [-0.2, 0) is 16.1 Å². The summed E-state index contributed by atoms with van der Waals surface area (Å²) >= 11 is 0. The summed E-state index contributed by atoms with van der Waals surface area (Å²) in [6, 6.07) is 13.5. The molecule has 5 rings (SSSR count). The Morgan fingerprint density at radius 2 is 1.81 bits per heavy atom. The first-order chi connectivity index (χ1) is 17.2. The Labute approximate surface area is 209 Å². The third-order valence-electron chi connectivity index (χ3n) is 7.59. The van der Waals surface area contributed by atoms with Crippen molar-refractivity contribution in [1.29, 1.82) is 0 Å². The molecule has 3 aromatic rings. The maximum Gasteiger partial charge on any atom is 0.274 e. The second kappa shape index (κ2) is 9.08. The fraction of sp³-hybridized carbons (Fsp3) is 0.393. The highest BCUT2D eigenvalue weighted by atomic mass is 19.1. The number of nitrogens with one attached hydrogen (secondary N) is 2. The molecule has 0 spiro atoms. The van der Waals surface area contributed by atoms with E-state index in [1.54, 1.807) is 22.5 Å². The van der Waals surface area contributed by atoms with E-state index >= 15 is 0 Å². The number of hydrogen-bond acceptors (Lipinski definition) is 3. The molecule has 2 atom stereocenters. The molecule has 188 valence electrons. The molecule has 1 aliphatic carbocycles. The van der Waals surface area contributed by atoms with Crippen molar-refractivity contribution < 1.29 is 18.8 Å². The number of anilines is 1. The summed E-state index contributed by atoms with van der Waals surface area (Å²) < 4.78 is 16.0. The zero-order valence-corrected chi connectivity index (χ0v) is 20.8. The summed E-state index contributed by atoms with van der Waals surface area (Å²) in [4.78, 5) is 42.0. The van der Waals surface area contributed by atoms with E-state index in [9.17, 15) is 18.8 Å². The molecule has 0 unspecified atom stereocenters. The Hall–Kier alpha value is -3.68. The van der Waals surface area contributed by atoms with E-state index in [-0.39, 0.29) is 41.7 Å². The van der Waals surface area contributed by atoms with Crippen LogP contribution in [0.4, 0.5) is 10.1 Å². The van der Waals surface area contributed by atoms with E-state index < -0.39 is 17.4 Å². The minimum Gasteiger partial charge on any atom is -0.351 e. The third kappa shape index (κ3) is 3.94. The van der Waals surface area contributed by atoms with E-state index in [0.717, 1.165) is 31.2 Å². The van der Waals surface area contributed by atoms with Crippen molar-refractivity contribution in [2.75, 3.05) is 5.32 Å². The summed E-state index contributed by atoms with van der Waals surface area (Å²) in [5.74, 6) is -1.43. The number of carbonyl (C=O) groups is 3. The van der Waals surface area contributed by atoms with Crippen LogP contribution in [0.25, 0.3) is 10.9 Å². The Balaban J connectivity index is 1.69. The van der Waals surface area contributed by atoms with Gasteiger partial charge in [0.2, 0.25) is 11.8 Å². The van der Waals surface area contributed by atoms with Crippen LogP contribution >= 0.6 is 0 Å². The molecular weight excluding hydrogens is 459 g/mol. The Bertz CT molecular complexity index is 1350. The predicted molar refractivity (Wildman–Crippen MR) is 136 cm³/mol. The SMILES string of the molecule is CC(=O)Nc1c2n(c3ccc(F)cc13)C[C@](C)(C(=O)NC1CCCC1)N([C@H](C)c1ccccc1)C2=O. The zero-order chi connectivity index (χ0) is 25.6. The fourth-order valence-electron chi connectivity index (χ4n) is 5.81. The molecule has 8 heteroatoms. The van der Waals surface area contributed by atoms with Gasteiger partial charge in [-0.2, -0.15) is 0 Å². The first-order valence-electron chi connectivity index (χ1n) is 12.5. The summed E-state index contributed by atoms with van der Waals surface area (Å²) in [6.07, 6.45) is 3.99. The molecule has 1 aromatic heterocycles. The van der Waals surface area contributed by atoms with Gasteiger partial charge in [-0.1, -0.05) is 43.2 Å². The quantitative estimate of drug-likeness (QED) is 0.540. The number of halogens is 1. The predicted octanol–water partition coefficient (Wildman–Crippen LogP) is 4.77. The van der Waals surface area contributed by atoms with E-state index in [1.165, 1.54) is 19.1 Å². The maximum absolute atomic E-state index is 14.3. The number of amides is 3. The van der Waals surface area contributed by atoms with Crippen molar-refractivity contribution in [3.8, 4) is 0 Å². The van der Waals surface area contributed by atoms with Crippen LogP contribution in [0, 0.1) is 5.82 Å². The largest absolute Gasteiger partial charge is 0.351 e. The number of nitrogens with zero attached hydrogens (tertiary/aromatic N) is 2. The molecule has 7 nitrogen and oxygen atoms in total. The monoisotopic (exact) mass is 490 g/mol. The maximum atomic E-state index is 14.3. The van der Waals surface area contributed by atoms with Crippen LogP contribution in [0.5, 0.6) is 0 Å². The van der Waals surface area contributed by atoms with Gasteiger partial charge in [0.15, 0.2) is 0 Å². The molecule has 1 saturated carbocycles. The molecule has 1 fully saturated rings. The number of fused-ring (bicyclic) bond motifs is 3. The summed E-state index contributed by atoms with van der Waals surface area (Å²) in [6.45, 7) is 5.23. The van der Waals surface area contributed by atoms with E-state index in [1.807, 2.05) is 37.3 Å². The molecule has 2 heterocycles. The van der Waals surface area contributed by atoms with Gasteiger partial charge in [0.25, 0.3) is 5.91 Å². The van der Waals surface area contributed by atoms with Gasteiger partial charge in [-0.05, 0) is 50.5 Å². The van der Waals surface area contributed by atoms with Crippen molar-refractivity contribution in [2.45, 2.75) is 70.6 Å². The van der Waals surface area contributed by atoms with Crippen molar-refractivity contribution in [3.63, 3.8) is 0 Å². The average molecular weight is 491 g/mol. The van der Waals surface area contributed by atoms with Crippen molar-refractivity contribution in [1.82, 2.24) is 14.8 Å². The van der Waals surface area contributed by atoms with Gasteiger partial charge in [0.1, 0.15) is 17.1 Å². The number of carbonyl (C=O) groups excluding carboxylic acids is 3. The summed E-state index contributed by atoms with van der Waals surface area (Å²) in [5, 5.41) is 6.38. The fourth-order valence-corrected chi connectivity index (χ4v) is 5.81. The van der Waals surface area contributed by atoms with E-state index in [0.29, 0.717) is 10.9 Å². The number of hydrogen-bond donors (Lipinski definition) is 2. The number of benzene rings is 2. The topological polar surface area (TPSA) is 83.4 Å². The zero-order valence-electron chi connectivity index (χ0n) is 20.8. The molecule has 0 radical (unpaired) electrons. The highest BCUT2D eigenvalue weighted by Crippen LogP contribution is 2.42. The number of aromatic nitrogens is 1. The van der Waals surface area contributed by atoms with E-state index in [2.05, 4.69) is 10.6 Å². The smallest absolute Gasteiger partial charge is 0.274 e. The molecule has 2 N–H and O–H groups in total. The van der Waals surface area contributed by atoms with Crippen LogP contribution < -0.4 is 10.6 Å². The first-order valence-corrected chi connectivity index (χ1v) is 12.5. The lowest BCUT2D eigenvalue weighted by molar-refractivity contribution is -0.134. The molecule has 1 aliphatic heterocycles. The van der Waals surface area contributed by atoms with E-state index in [4.69, 9.17) is 0 Å². The van der Waals surface area contributed by atoms with Crippen LogP contribution in [0.15, 0.2) is 48.5 Å². The Morgan fingerprint density at radius 1 is 1.11 bits per heavy atom. The Morgan fingerprint density at radius 3 is 2.47 bits per heavy atom. The molecule has 3 amide bonds. The van der Waals surface area contributed by atoms with Crippen LogP contribution in [0.2, 0.25) is 0 Å². The van der Waals surface area contributed by atoms with Gasteiger partial charge in [0, 0.05) is 18.4 Å². The third-order valence-corrected chi connectivity index (χ3v) is 7.59. The standard InChI is InChI=1S/C28H31FN4O3/c1-17(19-9-5-4-6-10-19)33-26(35)25-24(30-18(2)34)22-15-20(29)13-14-23(22)32(25)16-28(33,3)27(36)31-21-11-7-8-12-21/h4-6,9-10,13-15,17,21H,7-8,11-12,16H2,1-3H3,(H,30,34)(H,31,36)/t17-,28-/m1/s1. The first kappa shape index (κ1) is 24.0. The molecule has 36 heavy (non-hydrogen) atoms. The van der Waals surface area contributed by atoms with Crippen molar-refractivity contribution in [2.24, 2.45) is 0 Å². The summed E-state index contributed by atoms with van der Waals surface area (Å²) in [7, 11) is 0. The number of rotatable bonds is 5. The molecule has 2 aromatic carbocycles. The minimum absolute atomic E-state index is 0.0881. The normalized spacial score (nSPS) is 20.9. The van der Waals surface area contributed by atoms with Crippen molar-refractivity contribution >= 4 is 34.3 Å². The lowest BCUT2D eigenvalue weighted by atomic mass is 9.90. The van der Waals surface area contributed by atoms with Gasteiger partial charge in [-0.3, -0.25) is 14.4 Å². The Kier molecular flexibility index (Phi) is 6.06. The highest BCUT2D eigenvalue weighted by molar-refractivity contribution is 6.14. The molecular formula is C28H31FN4O3. The second-order valence-electron chi connectivity index (χ2n) is 10.1. The lowest BCUT2D eigenvalue weighted by Crippen LogP contribution is -2.65. The molecule has 0 bridgehead atoms. The van der Waals surface area contributed by atoms with Gasteiger partial charge < -0.3 is 20.1 Å². The van der Waals surface area contributed by atoms with Gasteiger partial charge in [-0.25, -0.2) is 4.39 Å². The van der Waals surface area contributed by atoms with Gasteiger partial charge >= 0.3 is 0 Å². The van der Waals surface area contributed by atoms with Gasteiger partial charge in [-0.15, -0.1) is 0 Å². The summed E-state index contributed by atoms with van der Waals surface area (Å²) in [5.41, 5.74) is 0.790. The van der Waals surface area contributed by atoms with Crippen LogP contribution in [-0.4, -0.2) is 38.8 Å². The molecule has 0 saturated heterocycles. The second-order valence-corrected chi connectivity index (χ2v) is 10.1. The average Bonchev–Trinajstić information content (AvgIpc) is 3.45. The molecule has 2 aliphatic rings.